The molecule has 1 saturated heterocycles. The van der Waals surface area contributed by atoms with Crippen molar-refractivity contribution in [1.29, 1.82) is 0 Å². The number of aromatic nitrogens is 1. The molecule has 1 aliphatic rings. The number of halogens is 2. The predicted molar refractivity (Wildman–Crippen MR) is 169 cm³/mol. The van der Waals surface area contributed by atoms with Crippen LogP contribution in [-0.4, -0.2) is 48.6 Å². The summed E-state index contributed by atoms with van der Waals surface area (Å²) in [6, 6.07) is 29.4. The van der Waals surface area contributed by atoms with Gasteiger partial charge >= 0.3 is 6.03 Å². The topological polar surface area (TPSA) is 51.7 Å². The van der Waals surface area contributed by atoms with Crippen molar-refractivity contribution in [2.24, 2.45) is 0 Å². The van der Waals surface area contributed by atoms with E-state index in [0.717, 1.165) is 55.9 Å². The molecule has 2 heterocycles. The lowest BCUT2D eigenvalue weighted by molar-refractivity contribution is 0.258. The monoisotopic (exact) mass is 577 g/mol. The number of nitrogens with zero attached hydrogens (tertiary/aromatic N) is 4. The Kier molecular flexibility index (Phi) is 8.29. The molecule has 1 N–H and O–H groups in total. The number of amides is 2. The first-order valence-corrected chi connectivity index (χ1v) is 14.5. The molecule has 5 aromatic rings. The van der Waals surface area contributed by atoms with E-state index in [-0.39, 0.29) is 11.4 Å². The number of anilines is 4. The summed E-state index contributed by atoms with van der Waals surface area (Å²) in [7, 11) is 0. The quantitative estimate of drug-likeness (QED) is 0.217. The molecule has 0 unspecified atom stereocenters. The van der Waals surface area contributed by atoms with Crippen LogP contribution in [0.5, 0.6) is 0 Å². The highest BCUT2D eigenvalue weighted by atomic mass is 19.1. The van der Waals surface area contributed by atoms with Gasteiger partial charge in [-0.1, -0.05) is 42.5 Å². The van der Waals surface area contributed by atoms with Gasteiger partial charge in [0.05, 0.1) is 22.6 Å². The minimum atomic E-state index is -0.651. The molecule has 2 amide bonds. The number of para-hydroxylation sites is 2. The Labute approximate surface area is 250 Å². The number of piperazine rings is 1. The molecule has 4 aromatic carbocycles. The van der Waals surface area contributed by atoms with E-state index < -0.39 is 17.7 Å². The van der Waals surface area contributed by atoms with Crippen molar-refractivity contribution in [3.63, 3.8) is 0 Å². The Morgan fingerprint density at radius 1 is 0.837 bits per heavy atom. The highest BCUT2D eigenvalue weighted by Crippen LogP contribution is 2.31. The summed E-state index contributed by atoms with van der Waals surface area (Å²) >= 11 is 0. The minimum Gasteiger partial charge on any atom is -0.368 e. The number of pyridine rings is 1. The van der Waals surface area contributed by atoms with Gasteiger partial charge in [0.25, 0.3) is 0 Å². The third-order valence-corrected chi connectivity index (χ3v) is 7.86. The zero-order chi connectivity index (χ0) is 29.8. The number of nitrogens with one attached hydrogen (secondary N) is 1. The Bertz CT molecular complexity index is 1750. The Hall–Kier alpha value is -4.82. The van der Waals surface area contributed by atoms with Crippen LogP contribution in [0.3, 0.4) is 0 Å². The first-order valence-electron chi connectivity index (χ1n) is 14.5. The van der Waals surface area contributed by atoms with Crippen molar-refractivity contribution in [1.82, 2.24) is 9.88 Å². The number of aryl methyl sites for hydroxylation is 1. The van der Waals surface area contributed by atoms with Crippen LogP contribution in [0.2, 0.25) is 0 Å². The van der Waals surface area contributed by atoms with Gasteiger partial charge in [-0.15, -0.1) is 0 Å². The molecule has 6 nitrogen and oxygen atoms in total. The van der Waals surface area contributed by atoms with Crippen LogP contribution in [0, 0.1) is 18.6 Å². The molecule has 6 rings (SSSR count). The summed E-state index contributed by atoms with van der Waals surface area (Å²) in [5, 5.41) is 3.78. The molecule has 0 saturated carbocycles. The van der Waals surface area contributed by atoms with Crippen LogP contribution in [-0.2, 0) is 6.42 Å². The summed E-state index contributed by atoms with van der Waals surface area (Å²) in [5.74, 6) is -1.11. The molecule has 0 atom stereocenters. The summed E-state index contributed by atoms with van der Waals surface area (Å²) < 4.78 is 29.3. The molecular formula is C35H33F2N5O. The van der Waals surface area contributed by atoms with E-state index in [0.29, 0.717) is 5.69 Å². The largest absolute Gasteiger partial charge is 0.368 e. The van der Waals surface area contributed by atoms with E-state index in [1.807, 2.05) is 25.1 Å². The van der Waals surface area contributed by atoms with Gasteiger partial charge in [0.2, 0.25) is 0 Å². The van der Waals surface area contributed by atoms with E-state index in [4.69, 9.17) is 0 Å². The van der Waals surface area contributed by atoms with E-state index in [1.54, 1.807) is 30.3 Å². The summed E-state index contributed by atoms with van der Waals surface area (Å²) in [4.78, 5) is 24.3. The van der Waals surface area contributed by atoms with Crippen LogP contribution in [0.15, 0.2) is 103 Å². The second-order valence-corrected chi connectivity index (χ2v) is 10.7. The van der Waals surface area contributed by atoms with Crippen molar-refractivity contribution < 1.29 is 13.6 Å². The number of fused-ring (bicyclic) bond motifs is 1. The van der Waals surface area contributed by atoms with Gasteiger partial charge in [-0.05, 0) is 79.6 Å². The third kappa shape index (κ3) is 6.34. The number of urea groups is 1. The lowest BCUT2D eigenvalue weighted by atomic mass is 10.1. The zero-order valence-corrected chi connectivity index (χ0v) is 24.0. The van der Waals surface area contributed by atoms with Crippen molar-refractivity contribution in [3.8, 4) is 0 Å². The molecule has 8 heteroatoms. The normalized spacial score (nSPS) is 13.7. The van der Waals surface area contributed by atoms with Gasteiger partial charge in [-0.2, -0.15) is 0 Å². The standard InChI is InChI=1S/C35H33F2N5O/c1-25-16-17-28-31(38-25)13-7-15-33(28)41-22-20-40(21-23-41)19-18-26-8-6-9-27(24-26)42(34-14-5-3-11-30(34)37)35(43)39-32-12-4-2-10-29(32)36/h2-17,24H,18-23H2,1H3,(H,39,43). The highest BCUT2D eigenvalue weighted by molar-refractivity contribution is 6.07. The van der Waals surface area contributed by atoms with Gasteiger partial charge in [0, 0.05) is 49.5 Å². The fraction of sp³-hybridized carbons (Fsp3) is 0.200. The highest BCUT2D eigenvalue weighted by Gasteiger charge is 2.23. The molecule has 218 valence electrons. The molecule has 1 aliphatic heterocycles. The first-order chi connectivity index (χ1) is 21.0. The molecule has 0 spiro atoms. The van der Waals surface area contributed by atoms with Crippen molar-refractivity contribution in [2.75, 3.05) is 47.8 Å². The van der Waals surface area contributed by atoms with E-state index in [1.165, 1.54) is 40.2 Å². The molecule has 0 aliphatic carbocycles. The molecule has 43 heavy (non-hydrogen) atoms. The van der Waals surface area contributed by atoms with Gasteiger partial charge in [-0.25, -0.2) is 13.6 Å². The molecular weight excluding hydrogens is 544 g/mol. The average molecular weight is 578 g/mol. The predicted octanol–water partition coefficient (Wildman–Crippen LogP) is 7.56. The Balaban J connectivity index is 1.14. The van der Waals surface area contributed by atoms with Gasteiger partial charge < -0.3 is 10.2 Å². The lowest BCUT2D eigenvalue weighted by Crippen LogP contribution is -2.47. The maximum absolute atomic E-state index is 14.9. The number of carbonyl (C=O) groups excluding carboxylic acids is 1. The maximum Gasteiger partial charge on any atom is 0.331 e. The van der Waals surface area contributed by atoms with E-state index in [9.17, 15) is 13.6 Å². The van der Waals surface area contributed by atoms with E-state index in [2.05, 4.69) is 50.4 Å². The lowest BCUT2D eigenvalue weighted by Gasteiger charge is -2.36. The summed E-state index contributed by atoms with van der Waals surface area (Å²) in [6.45, 7) is 6.57. The SMILES string of the molecule is Cc1ccc2c(N3CCN(CCc4cccc(N(C(=O)Nc5ccccc5F)c5ccccc5F)c4)CC3)cccc2n1. The number of hydrogen-bond donors (Lipinski definition) is 1. The number of carbonyl (C=O) groups is 1. The molecule has 0 bridgehead atoms. The van der Waals surface area contributed by atoms with Crippen LogP contribution in [0.25, 0.3) is 10.9 Å². The Morgan fingerprint density at radius 3 is 2.37 bits per heavy atom. The van der Waals surface area contributed by atoms with Crippen LogP contribution >= 0.6 is 0 Å². The number of benzene rings is 4. The second-order valence-electron chi connectivity index (χ2n) is 10.7. The summed E-state index contributed by atoms with van der Waals surface area (Å²) in [6.07, 6.45) is 0.769. The van der Waals surface area contributed by atoms with Crippen LogP contribution < -0.4 is 15.1 Å². The van der Waals surface area contributed by atoms with Crippen LogP contribution in [0.1, 0.15) is 11.3 Å². The third-order valence-electron chi connectivity index (χ3n) is 7.86. The van der Waals surface area contributed by atoms with Crippen LogP contribution in [0.4, 0.5) is 36.3 Å². The smallest absolute Gasteiger partial charge is 0.331 e. The van der Waals surface area contributed by atoms with Crippen molar-refractivity contribution in [2.45, 2.75) is 13.3 Å². The Morgan fingerprint density at radius 2 is 1.58 bits per heavy atom. The fourth-order valence-electron chi connectivity index (χ4n) is 5.60. The number of rotatable bonds is 7. The second kappa shape index (κ2) is 12.6. The van der Waals surface area contributed by atoms with Crippen molar-refractivity contribution >= 4 is 39.7 Å². The first kappa shape index (κ1) is 28.3. The number of hydrogen-bond acceptors (Lipinski definition) is 4. The maximum atomic E-state index is 14.9. The van der Waals surface area contributed by atoms with Crippen molar-refractivity contribution in [3.05, 3.63) is 126 Å². The van der Waals surface area contributed by atoms with E-state index >= 15 is 0 Å². The average Bonchev–Trinajstić information content (AvgIpc) is 3.02. The summed E-state index contributed by atoms with van der Waals surface area (Å²) in [5.41, 5.74) is 4.89. The molecule has 1 fully saturated rings. The minimum absolute atomic E-state index is 0.0269. The molecule has 1 aromatic heterocycles. The fourth-order valence-corrected chi connectivity index (χ4v) is 5.60. The van der Waals surface area contributed by atoms with Gasteiger partial charge in [0.15, 0.2) is 0 Å². The van der Waals surface area contributed by atoms with Gasteiger partial charge in [0.1, 0.15) is 11.6 Å². The molecule has 0 radical (unpaired) electrons. The zero-order valence-electron chi connectivity index (χ0n) is 24.0. The van der Waals surface area contributed by atoms with Gasteiger partial charge in [-0.3, -0.25) is 14.8 Å².